The van der Waals surface area contributed by atoms with E-state index in [4.69, 9.17) is 4.74 Å². The number of alkyl halides is 3. The van der Waals surface area contributed by atoms with E-state index >= 15 is 0 Å². The van der Waals surface area contributed by atoms with E-state index in [-0.39, 0.29) is 31.0 Å². The van der Waals surface area contributed by atoms with E-state index in [0.717, 1.165) is 18.7 Å². The Morgan fingerprint density at radius 3 is 2.44 bits per heavy atom. The van der Waals surface area contributed by atoms with Crippen LogP contribution in [0.2, 0.25) is 0 Å². The molecule has 7 nitrogen and oxygen atoms in total. The van der Waals surface area contributed by atoms with Gasteiger partial charge in [-0.1, -0.05) is 0 Å². The van der Waals surface area contributed by atoms with Crippen LogP contribution in [-0.4, -0.2) is 60.2 Å². The first kappa shape index (κ1) is 23.8. The van der Waals surface area contributed by atoms with E-state index in [1.54, 1.807) is 36.7 Å². The summed E-state index contributed by atoms with van der Waals surface area (Å²) in [6, 6.07) is 10.9. The Morgan fingerprint density at radius 2 is 1.79 bits per heavy atom. The van der Waals surface area contributed by atoms with Crippen molar-refractivity contribution in [2.75, 3.05) is 36.4 Å². The fourth-order valence-electron chi connectivity index (χ4n) is 4.31. The molecule has 1 atom stereocenters. The Hall–Kier alpha value is -3.30. The zero-order valence-electron chi connectivity index (χ0n) is 18.6. The molecule has 10 heteroatoms. The lowest BCUT2D eigenvalue weighted by atomic mass is 10.1. The van der Waals surface area contributed by atoms with Crippen molar-refractivity contribution in [3.8, 4) is 5.75 Å². The average molecular weight is 476 g/mol. The summed E-state index contributed by atoms with van der Waals surface area (Å²) >= 11 is 0. The van der Waals surface area contributed by atoms with Gasteiger partial charge in [0.15, 0.2) is 0 Å². The maximum absolute atomic E-state index is 12.7. The number of aromatic nitrogens is 1. The van der Waals surface area contributed by atoms with E-state index in [1.807, 2.05) is 12.1 Å². The lowest BCUT2D eigenvalue weighted by Crippen LogP contribution is -2.43. The molecule has 2 aromatic rings. The molecule has 1 aromatic carbocycles. The zero-order valence-corrected chi connectivity index (χ0v) is 18.6. The number of halogens is 3. The molecule has 1 aromatic heterocycles. The highest BCUT2D eigenvalue weighted by Gasteiger charge is 2.35. The van der Waals surface area contributed by atoms with Crippen molar-refractivity contribution in [3.63, 3.8) is 0 Å². The maximum Gasteiger partial charge on any atom is 0.397 e. The van der Waals surface area contributed by atoms with Gasteiger partial charge in [0.05, 0.1) is 17.8 Å². The number of pyridine rings is 1. The Balaban J connectivity index is 1.22. The van der Waals surface area contributed by atoms with Crippen molar-refractivity contribution >= 4 is 23.2 Å². The fraction of sp³-hybridized carbons (Fsp3) is 0.458. The fourth-order valence-corrected chi connectivity index (χ4v) is 4.31. The Kier molecular flexibility index (Phi) is 7.23. The molecule has 4 rings (SSSR count). The smallest absolute Gasteiger partial charge is 0.397 e. The number of piperidine rings is 1. The molecule has 182 valence electrons. The van der Waals surface area contributed by atoms with Crippen LogP contribution in [0.1, 0.15) is 25.7 Å². The van der Waals surface area contributed by atoms with Crippen LogP contribution in [0, 0.1) is 5.92 Å². The minimum atomic E-state index is -4.49. The zero-order chi connectivity index (χ0) is 24.1. The highest BCUT2D eigenvalue weighted by Crippen LogP contribution is 2.26. The number of hydrogen-bond donors (Lipinski definition) is 1. The summed E-state index contributed by atoms with van der Waals surface area (Å²) in [5.74, 6) is -0.420. The number of ether oxygens (including phenoxy) is 1. The van der Waals surface area contributed by atoms with Gasteiger partial charge >= 0.3 is 6.18 Å². The van der Waals surface area contributed by atoms with Crippen LogP contribution in [0.5, 0.6) is 5.75 Å². The van der Waals surface area contributed by atoms with Gasteiger partial charge in [-0.25, -0.2) is 0 Å². The quantitative estimate of drug-likeness (QED) is 0.685. The monoisotopic (exact) mass is 476 g/mol. The van der Waals surface area contributed by atoms with Crippen molar-refractivity contribution in [2.45, 2.75) is 38.0 Å². The van der Waals surface area contributed by atoms with Crippen LogP contribution in [0.25, 0.3) is 0 Å². The molecule has 2 aliphatic rings. The molecule has 0 bridgehead atoms. The molecule has 0 saturated carbocycles. The first-order valence-electron chi connectivity index (χ1n) is 11.3. The first-order chi connectivity index (χ1) is 16.3. The maximum atomic E-state index is 12.7. The number of carbonyl (C=O) groups excluding carboxylic acids is 2. The van der Waals surface area contributed by atoms with Crippen LogP contribution in [0.15, 0.2) is 48.8 Å². The molecule has 0 radical (unpaired) electrons. The summed E-state index contributed by atoms with van der Waals surface area (Å²) in [5.41, 5.74) is 1.68. The Labute approximate surface area is 195 Å². The Morgan fingerprint density at radius 1 is 1.06 bits per heavy atom. The molecule has 2 fully saturated rings. The van der Waals surface area contributed by atoms with Crippen LogP contribution in [-0.2, 0) is 9.59 Å². The second kappa shape index (κ2) is 10.3. The van der Waals surface area contributed by atoms with Gasteiger partial charge in [0.25, 0.3) is 0 Å². The number of rotatable bonds is 6. The summed E-state index contributed by atoms with van der Waals surface area (Å²) < 4.78 is 43.2. The highest BCUT2D eigenvalue weighted by molar-refractivity contribution is 5.93. The van der Waals surface area contributed by atoms with E-state index in [1.165, 1.54) is 4.90 Å². The van der Waals surface area contributed by atoms with Gasteiger partial charge in [-0.2, -0.15) is 13.2 Å². The number of anilines is 2. The third-order valence-electron chi connectivity index (χ3n) is 6.14. The van der Waals surface area contributed by atoms with Crippen molar-refractivity contribution in [1.82, 2.24) is 9.88 Å². The van der Waals surface area contributed by atoms with Gasteiger partial charge in [0, 0.05) is 50.9 Å². The number of likely N-dealkylation sites (tertiary alicyclic amines) is 1. The summed E-state index contributed by atoms with van der Waals surface area (Å²) in [5, 5.41) is 2.95. The second-order valence-corrected chi connectivity index (χ2v) is 8.65. The number of amides is 2. The highest BCUT2D eigenvalue weighted by atomic mass is 19.4. The van der Waals surface area contributed by atoms with Gasteiger partial charge < -0.3 is 19.9 Å². The summed E-state index contributed by atoms with van der Waals surface area (Å²) in [4.78, 5) is 31.9. The van der Waals surface area contributed by atoms with E-state index in [0.29, 0.717) is 30.8 Å². The van der Waals surface area contributed by atoms with Gasteiger partial charge in [-0.05, 0) is 42.8 Å². The van der Waals surface area contributed by atoms with E-state index in [9.17, 15) is 22.8 Å². The minimum Gasteiger partial charge on any atom is -0.490 e. The summed E-state index contributed by atoms with van der Waals surface area (Å²) in [6.07, 6.45) is -0.859. The van der Waals surface area contributed by atoms with Gasteiger partial charge in [0.2, 0.25) is 11.8 Å². The molecule has 2 saturated heterocycles. The molecular formula is C24H27F3N4O3. The third-order valence-corrected chi connectivity index (χ3v) is 6.14. The summed E-state index contributed by atoms with van der Waals surface area (Å²) in [6.45, 7) is 1.93. The second-order valence-electron chi connectivity index (χ2n) is 8.65. The SMILES string of the molecule is O=C(Nc1ccc(OC2CCN(C(=O)CC(F)(F)F)CC2)cc1)C1CCN(c2cccnc2)C1. The van der Waals surface area contributed by atoms with Gasteiger partial charge in [-0.15, -0.1) is 0 Å². The number of carbonyl (C=O) groups is 2. The topological polar surface area (TPSA) is 74.8 Å². The van der Waals surface area contributed by atoms with Crippen molar-refractivity contribution in [1.29, 1.82) is 0 Å². The van der Waals surface area contributed by atoms with Crippen LogP contribution < -0.4 is 15.0 Å². The third kappa shape index (κ3) is 6.39. The van der Waals surface area contributed by atoms with E-state index < -0.39 is 18.5 Å². The number of nitrogens with zero attached hydrogens (tertiary/aromatic N) is 3. The lowest BCUT2D eigenvalue weighted by molar-refractivity contribution is -0.162. The lowest BCUT2D eigenvalue weighted by Gasteiger charge is -2.32. The molecule has 2 amide bonds. The Bertz CT molecular complexity index is 977. The van der Waals surface area contributed by atoms with Gasteiger partial charge in [0.1, 0.15) is 18.3 Å². The molecule has 1 N–H and O–H groups in total. The predicted octanol–water partition coefficient (Wildman–Crippen LogP) is 3.87. The van der Waals surface area contributed by atoms with E-state index in [2.05, 4.69) is 15.2 Å². The molecule has 3 heterocycles. The predicted molar refractivity (Wildman–Crippen MR) is 121 cm³/mol. The normalized spacial score (nSPS) is 19.2. The number of benzene rings is 1. The van der Waals surface area contributed by atoms with Crippen LogP contribution in [0.4, 0.5) is 24.5 Å². The van der Waals surface area contributed by atoms with Crippen molar-refractivity contribution < 1.29 is 27.5 Å². The number of nitrogens with one attached hydrogen (secondary N) is 1. The summed E-state index contributed by atoms with van der Waals surface area (Å²) in [7, 11) is 0. The van der Waals surface area contributed by atoms with Crippen molar-refractivity contribution in [3.05, 3.63) is 48.8 Å². The molecule has 0 aliphatic carbocycles. The van der Waals surface area contributed by atoms with Gasteiger partial charge in [-0.3, -0.25) is 14.6 Å². The van der Waals surface area contributed by atoms with Crippen molar-refractivity contribution in [2.24, 2.45) is 5.92 Å². The standard InChI is InChI=1S/C24H27F3N4O3/c25-24(26,27)14-22(32)30-12-8-21(9-13-30)34-20-5-3-18(4-6-20)29-23(33)17-7-11-31(16-17)19-2-1-10-28-15-19/h1-6,10,15,17,21H,7-9,11-14,16H2,(H,29,33). The molecular weight excluding hydrogens is 449 g/mol. The molecule has 2 aliphatic heterocycles. The minimum absolute atomic E-state index is 0.0315. The largest absolute Gasteiger partial charge is 0.490 e. The van der Waals surface area contributed by atoms with Crippen LogP contribution in [0.3, 0.4) is 0 Å². The molecule has 0 spiro atoms. The molecule has 34 heavy (non-hydrogen) atoms. The first-order valence-corrected chi connectivity index (χ1v) is 11.3. The molecule has 1 unspecified atom stereocenters. The average Bonchev–Trinajstić information content (AvgIpc) is 3.31. The number of hydrogen-bond acceptors (Lipinski definition) is 5. The van der Waals surface area contributed by atoms with Crippen LogP contribution >= 0.6 is 0 Å².